The number of halogens is 3. The van der Waals surface area contributed by atoms with Crippen LogP contribution in [0.2, 0.25) is 10.3 Å². The summed E-state index contributed by atoms with van der Waals surface area (Å²) in [5.74, 6) is -0.760. The Morgan fingerprint density at radius 3 is 2.63 bits per heavy atom. The maximum absolute atomic E-state index is 13.1. The van der Waals surface area contributed by atoms with E-state index >= 15 is 0 Å². The zero-order chi connectivity index (χ0) is 14.0. The fourth-order valence-electron chi connectivity index (χ4n) is 1.50. The lowest BCUT2D eigenvalue weighted by molar-refractivity contribution is 0.102. The summed E-state index contributed by atoms with van der Waals surface area (Å²) in [4.78, 5) is 15.7. The Kier molecular flexibility index (Phi) is 4.02. The van der Waals surface area contributed by atoms with E-state index in [2.05, 4.69) is 10.3 Å². The van der Waals surface area contributed by atoms with Gasteiger partial charge in [0.1, 0.15) is 16.1 Å². The van der Waals surface area contributed by atoms with Crippen molar-refractivity contribution in [1.82, 2.24) is 4.98 Å². The predicted molar refractivity (Wildman–Crippen MR) is 73.3 cm³/mol. The lowest BCUT2D eigenvalue weighted by Crippen LogP contribution is -2.13. The summed E-state index contributed by atoms with van der Waals surface area (Å²) in [5, 5.41) is 2.84. The molecule has 98 valence electrons. The summed E-state index contributed by atoms with van der Waals surface area (Å²) in [6.07, 6.45) is 0. The molecule has 0 aliphatic rings. The van der Waals surface area contributed by atoms with E-state index in [1.807, 2.05) is 0 Å². The number of nitrogens with zero attached hydrogens (tertiary/aromatic N) is 1. The van der Waals surface area contributed by atoms with Gasteiger partial charge >= 0.3 is 0 Å². The number of nitrogens with one attached hydrogen (secondary N) is 1. The van der Waals surface area contributed by atoms with E-state index in [1.165, 1.54) is 30.3 Å². The minimum absolute atomic E-state index is 0.0174. The van der Waals surface area contributed by atoms with Crippen LogP contribution in [-0.4, -0.2) is 10.9 Å². The lowest BCUT2D eigenvalue weighted by Gasteiger charge is -2.07. The molecule has 0 unspecified atom stereocenters. The number of carbonyl (C=O) groups is 1. The Hall–Kier alpha value is -1.65. The van der Waals surface area contributed by atoms with Crippen molar-refractivity contribution in [1.29, 1.82) is 0 Å². The van der Waals surface area contributed by atoms with Crippen molar-refractivity contribution in [3.05, 3.63) is 57.6 Å². The molecule has 0 spiro atoms. The molecule has 3 nitrogen and oxygen atoms in total. The maximum atomic E-state index is 13.1. The summed E-state index contributed by atoms with van der Waals surface area (Å²) in [6.45, 7) is 1.61. The molecule has 2 aromatic rings. The highest BCUT2D eigenvalue weighted by atomic mass is 35.5. The van der Waals surface area contributed by atoms with Gasteiger partial charge in [-0.3, -0.25) is 4.79 Å². The number of aromatic nitrogens is 1. The molecule has 0 aliphatic heterocycles. The number of hydrogen-bond donors (Lipinski definition) is 1. The molecule has 2 rings (SSSR count). The molecule has 6 heteroatoms. The fourth-order valence-corrected chi connectivity index (χ4v) is 1.93. The predicted octanol–water partition coefficient (Wildman–Crippen LogP) is 4.09. The molecule has 0 saturated heterocycles. The van der Waals surface area contributed by atoms with Gasteiger partial charge in [-0.1, -0.05) is 23.2 Å². The van der Waals surface area contributed by atoms with Crippen molar-refractivity contribution < 1.29 is 9.18 Å². The molecule has 1 amide bonds. The van der Waals surface area contributed by atoms with Crippen LogP contribution in [0.3, 0.4) is 0 Å². The van der Waals surface area contributed by atoms with Crippen molar-refractivity contribution in [2.75, 3.05) is 5.32 Å². The highest BCUT2D eigenvalue weighted by Gasteiger charge is 2.12. The summed E-state index contributed by atoms with van der Waals surface area (Å²) >= 11 is 11.5. The van der Waals surface area contributed by atoms with E-state index in [1.54, 1.807) is 6.92 Å². The topological polar surface area (TPSA) is 42.0 Å². The molecule has 0 aliphatic carbocycles. The summed E-state index contributed by atoms with van der Waals surface area (Å²) in [5.41, 5.74) is 1.13. The van der Waals surface area contributed by atoms with Gasteiger partial charge in [-0.15, -0.1) is 0 Å². The molecule has 0 bridgehead atoms. The van der Waals surface area contributed by atoms with E-state index in [9.17, 15) is 9.18 Å². The molecule has 1 aromatic heterocycles. The highest BCUT2D eigenvalue weighted by molar-refractivity contribution is 6.35. The van der Waals surface area contributed by atoms with E-state index in [0.29, 0.717) is 11.3 Å². The second-order valence-electron chi connectivity index (χ2n) is 3.89. The first kappa shape index (κ1) is 13.8. The largest absolute Gasteiger partial charge is 0.322 e. The van der Waals surface area contributed by atoms with E-state index in [4.69, 9.17) is 23.2 Å². The molecule has 0 atom stereocenters. The number of amides is 1. The molecule has 0 radical (unpaired) electrons. The lowest BCUT2D eigenvalue weighted by atomic mass is 10.2. The van der Waals surface area contributed by atoms with Crippen LogP contribution < -0.4 is 5.32 Å². The third kappa shape index (κ3) is 3.22. The van der Waals surface area contributed by atoms with Gasteiger partial charge in [0.2, 0.25) is 0 Å². The van der Waals surface area contributed by atoms with Crippen molar-refractivity contribution in [2.24, 2.45) is 0 Å². The quantitative estimate of drug-likeness (QED) is 0.849. The Balaban J connectivity index is 2.23. The van der Waals surface area contributed by atoms with Crippen molar-refractivity contribution in [3.8, 4) is 0 Å². The molecule has 1 heterocycles. The number of benzene rings is 1. The van der Waals surface area contributed by atoms with Gasteiger partial charge in [0.25, 0.3) is 5.91 Å². The first-order valence-electron chi connectivity index (χ1n) is 5.37. The average Bonchev–Trinajstić information content (AvgIpc) is 2.33. The van der Waals surface area contributed by atoms with Gasteiger partial charge in [-0.2, -0.15) is 0 Å². The van der Waals surface area contributed by atoms with Crippen molar-refractivity contribution >= 4 is 34.8 Å². The Labute approximate surface area is 119 Å². The Morgan fingerprint density at radius 2 is 2.00 bits per heavy atom. The monoisotopic (exact) mass is 298 g/mol. The molecular weight excluding hydrogens is 290 g/mol. The normalized spacial score (nSPS) is 10.3. The Morgan fingerprint density at radius 1 is 1.26 bits per heavy atom. The number of anilines is 1. The number of hydrogen-bond acceptors (Lipinski definition) is 2. The van der Waals surface area contributed by atoms with Crippen LogP contribution in [0, 0.1) is 12.7 Å². The van der Waals surface area contributed by atoms with Gasteiger partial charge in [0, 0.05) is 5.69 Å². The van der Waals surface area contributed by atoms with Gasteiger partial charge in [0.05, 0.1) is 5.56 Å². The fraction of sp³-hybridized carbons (Fsp3) is 0.0769. The van der Waals surface area contributed by atoms with Crippen molar-refractivity contribution in [3.63, 3.8) is 0 Å². The first-order valence-corrected chi connectivity index (χ1v) is 6.12. The zero-order valence-electron chi connectivity index (χ0n) is 9.88. The summed E-state index contributed by atoms with van der Waals surface area (Å²) in [7, 11) is 0. The minimum atomic E-state index is -0.430. The Bertz CT molecular complexity index is 647. The van der Waals surface area contributed by atoms with Crippen LogP contribution in [0.25, 0.3) is 0 Å². The van der Waals surface area contributed by atoms with Crippen molar-refractivity contribution in [2.45, 2.75) is 6.92 Å². The molecule has 0 saturated carbocycles. The minimum Gasteiger partial charge on any atom is -0.322 e. The van der Waals surface area contributed by atoms with Crippen LogP contribution in [0.5, 0.6) is 0 Å². The van der Waals surface area contributed by atoms with Gasteiger partial charge < -0.3 is 5.32 Å². The SMILES string of the molecule is Cc1cc(NC(=O)c2ccc(Cl)nc2Cl)ccc1F. The number of aryl methyl sites for hydroxylation is 1. The van der Waals surface area contributed by atoms with Crippen LogP contribution in [0.1, 0.15) is 15.9 Å². The number of pyridine rings is 1. The average molecular weight is 299 g/mol. The van der Waals surface area contributed by atoms with Gasteiger partial charge in [-0.25, -0.2) is 9.37 Å². The molecule has 0 fully saturated rings. The molecule has 1 N–H and O–H groups in total. The zero-order valence-corrected chi connectivity index (χ0v) is 11.4. The number of carbonyl (C=O) groups excluding carboxylic acids is 1. The summed E-state index contributed by atoms with van der Waals surface area (Å²) in [6, 6.07) is 7.23. The van der Waals surface area contributed by atoms with Crippen LogP contribution in [-0.2, 0) is 0 Å². The third-order valence-electron chi connectivity index (χ3n) is 2.48. The van der Waals surface area contributed by atoms with Gasteiger partial charge in [-0.05, 0) is 42.8 Å². The van der Waals surface area contributed by atoms with E-state index in [-0.39, 0.29) is 21.7 Å². The van der Waals surface area contributed by atoms with Crippen LogP contribution in [0.15, 0.2) is 30.3 Å². The molecular formula is C13H9Cl2FN2O. The van der Waals surface area contributed by atoms with E-state index < -0.39 is 5.91 Å². The highest BCUT2D eigenvalue weighted by Crippen LogP contribution is 2.19. The third-order valence-corrected chi connectivity index (χ3v) is 2.97. The van der Waals surface area contributed by atoms with Crippen LogP contribution in [0.4, 0.5) is 10.1 Å². The smallest absolute Gasteiger partial charge is 0.258 e. The standard InChI is InChI=1S/C13H9Cl2FN2O/c1-7-6-8(2-4-10(7)16)17-13(19)9-3-5-11(14)18-12(9)15/h2-6H,1H3,(H,17,19). The van der Waals surface area contributed by atoms with E-state index in [0.717, 1.165) is 0 Å². The molecule has 1 aromatic carbocycles. The molecule has 19 heavy (non-hydrogen) atoms. The second-order valence-corrected chi connectivity index (χ2v) is 4.64. The number of rotatable bonds is 2. The van der Waals surface area contributed by atoms with Crippen LogP contribution >= 0.6 is 23.2 Å². The maximum Gasteiger partial charge on any atom is 0.258 e. The first-order chi connectivity index (χ1) is 8.97. The summed E-state index contributed by atoms with van der Waals surface area (Å²) < 4.78 is 13.1. The second kappa shape index (κ2) is 5.55. The van der Waals surface area contributed by atoms with Gasteiger partial charge in [0.15, 0.2) is 0 Å².